The van der Waals surface area contributed by atoms with Gasteiger partial charge in [-0.25, -0.2) is 9.59 Å². The first-order valence-electron chi connectivity index (χ1n) is 10.2. The third kappa shape index (κ3) is 6.42. The number of aromatic nitrogens is 2. The fraction of sp³-hybridized carbons (Fsp3) is 0.261. The first-order valence-corrected chi connectivity index (χ1v) is 11.2. The molecule has 33 heavy (non-hydrogen) atoms. The maximum Gasteiger partial charge on any atom is 0.338 e. The van der Waals surface area contributed by atoms with Crippen LogP contribution in [0.3, 0.4) is 0 Å². The van der Waals surface area contributed by atoms with E-state index in [1.807, 2.05) is 12.1 Å². The molecule has 0 aliphatic heterocycles. The minimum atomic E-state index is -0.606. The van der Waals surface area contributed by atoms with E-state index in [1.165, 1.54) is 30.0 Å². The smallest absolute Gasteiger partial charge is 0.338 e. The number of anilines is 1. The highest BCUT2D eigenvalue weighted by Crippen LogP contribution is 2.27. The number of hydrogen-bond acceptors (Lipinski definition) is 9. The molecule has 9 nitrogen and oxygen atoms in total. The number of benzene rings is 2. The van der Waals surface area contributed by atoms with Crippen molar-refractivity contribution in [1.29, 1.82) is 0 Å². The Morgan fingerprint density at radius 1 is 1.00 bits per heavy atom. The topological polar surface area (TPSA) is 121 Å². The lowest BCUT2D eigenvalue weighted by atomic mass is 10.1. The van der Waals surface area contributed by atoms with Crippen LogP contribution < -0.4 is 5.32 Å². The van der Waals surface area contributed by atoms with Crippen molar-refractivity contribution < 1.29 is 28.4 Å². The van der Waals surface area contributed by atoms with Crippen LogP contribution in [0, 0.1) is 6.92 Å². The molecule has 0 spiro atoms. The first kappa shape index (κ1) is 24.0. The number of nitrogens with zero attached hydrogens (tertiary/aromatic N) is 2. The molecule has 3 aromatic rings. The van der Waals surface area contributed by atoms with Crippen LogP contribution in [0.25, 0.3) is 0 Å². The van der Waals surface area contributed by atoms with Gasteiger partial charge in [0.2, 0.25) is 5.89 Å². The van der Waals surface area contributed by atoms with Crippen LogP contribution in [0.5, 0.6) is 0 Å². The van der Waals surface area contributed by atoms with Crippen LogP contribution in [0.2, 0.25) is 0 Å². The van der Waals surface area contributed by atoms with Gasteiger partial charge >= 0.3 is 11.9 Å². The summed E-state index contributed by atoms with van der Waals surface area (Å²) in [5.74, 6) is -0.203. The van der Waals surface area contributed by atoms with Gasteiger partial charge in [-0.3, -0.25) is 4.79 Å². The molecule has 1 aromatic heterocycles. The van der Waals surface area contributed by atoms with Crippen molar-refractivity contribution in [2.24, 2.45) is 0 Å². The zero-order valence-electron chi connectivity index (χ0n) is 18.4. The van der Waals surface area contributed by atoms with Gasteiger partial charge in [0, 0.05) is 17.5 Å². The summed E-state index contributed by atoms with van der Waals surface area (Å²) in [4.78, 5) is 42.4. The highest BCUT2D eigenvalue weighted by molar-refractivity contribution is 7.98. The average Bonchev–Trinajstić information content (AvgIpc) is 3.23. The molecule has 0 bridgehead atoms. The molecule has 0 fully saturated rings. The molecule has 0 aliphatic carbocycles. The Morgan fingerprint density at radius 2 is 1.64 bits per heavy atom. The van der Waals surface area contributed by atoms with E-state index in [2.05, 4.69) is 15.5 Å². The van der Waals surface area contributed by atoms with Gasteiger partial charge in [-0.2, -0.15) is 4.98 Å². The van der Waals surface area contributed by atoms with Gasteiger partial charge in [0.25, 0.3) is 5.91 Å². The van der Waals surface area contributed by atoms with E-state index in [0.29, 0.717) is 27.9 Å². The maximum atomic E-state index is 13.1. The quantitative estimate of drug-likeness (QED) is 0.361. The molecule has 1 heterocycles. The third-order valence-electron chi connectivity index (χ3n) is 4.27. The van der Waals surface area contributed by atoms with Gasteiger partial charge in [-0.1, -0.05) is 17.3 Å². The third-order valence-corrected chi connectivity index (χ3v) is 5.34. The standard InChI is InChI=1S/C23H23N3O6S/c1-4-30-22(28)15-10-16(23(29)31-5-2)12-17(11-15)25-21(27)18-8-6-7-9-19(18)33-13-20-24-14(3)32-26-20/h6-12H,4-5,13H2,1-3H3,(H,25,27). The molecule has 1 N–H and O–H groups in total. The van der Waals surface area contributed by atoms with E-state index >= 15 is 0 Å². The molecule has 10 heteroatoms. The van der Waals surface area contributed by atoms with Gasteiger partial charge in [0.1, 0.15) is 0 Å². The summed E-state index contributed by atoms with van der Waals surface area (Å²) >= 11 is 1.39. The van der Waals surface area contributed by atoms with Crippen molar-refractivity contribution in [2.75, 3.05) is 18.5 Å². The lowest BCUT2D eigenvalue weighted by Gasteiger charge is -2.12. The minimum Gasteiger partial charge on any atom is -0.462 e. The second-order valence-corrected chi connectivity index (χ2v) is 7.73. The molecule has 172 valence electrons. The van der Waals surface area contributed by atoms with Crippen molar-refractivity contribution in [2.45, 2.75) is 31.4 Å². The summed E-state index contributed by atoms with van der Waals surface area (Å²) in [6.45, 7) is 5.42. The number of rotatable bonds is 9. The predicted molar refractivity (Wildman–Crippen MR) is 121 cm³/mol. The van der Waals surface area contributed by atoms with Crippen LogP contribution in [-0.4, -0.2) is 41.2 Å². The van der Waals surface area contributed by atoms with Gasteiger partial charge in [-0.05, 0) is 44.2 Å². The Balaban J connectivity index is 1.84. The number of thioether (sulfide) groups is 1. The fourth-order valence-corrected chi connectivity index (χ4v) is 3.78. The zero-order chi connectivity index (χ0) is 23.8. The van der Waals surface area contributed by atoms with Crippen LogP contribution >= 0.6 is 11.8 Å². The normalized spacial score (nSPS) is 10.5. The SMILES string of the molecule is CCOC(=O)c1cc(NC(=O)c2ccccc2SCc2noc(C)n2)cc(C(=O)OCC)c1. The highest BCUT2D eigenvalue weighted by Gasteiger charge is 2.18. The molecular weight excluding hydrogens is 446 g/mol. The largest absolute Gasteiger partial charge is 0.462 e. The number of aryl methyl sites for hydroxylation is 1. The molecule has 2 aromatic carbocycles. The number of carbonyl (C=O) groups excluding carboxylic acids is 3. The number of esters is 2. The van der Waals surface area contributed by atoms with E-state index in [-0.39, 0.29) is 30.0 Å². The Hall–Kier alpha value is -3.66. The van der Waals surface area contributed by atoms with Crippen molar-refractivity contribution >= 4 is 35.3 Å². The van der Waals surface area contributed by atoms with E-state index in [4.69, 9.17) is 14.0 Å². The molecule has 1 amide bonds. The van der Waals surface area contributed by atoms with Gasteiger partial charge in [0.15, 0.2) is 5.82 Å². The van der Waals surface area contributed by atoms with Crippen LogP contribution in [0.15, 0.2) is 51.9 Å². The number of carbonyl (C=O) groups is 3. The molecule has 0 atom stereocenters. The maximum absolute atomic E-state index is 13.1. The van der Waals surface area contributed by atoms with E-state index < -0.39 is 17.8 Å². The van der Waals surface area contributed by atoms with E-state index in [9.17, 15) is 14.4 Å². The zero-order valence-corrected chi connectivity index (χ0v) is 19.2. The first-order chi connectivity index (χ1) is 15.9. The monoisotopic (exact) mass is 469 g/mol. The molecule has 0 radical (unpaired) electrons. The average molecular weight is 470 g/mol. The summed E-state index contributed by atoms with van der Waals surface area (Å²) < 4.78 is 15.0. The highest BCUT2D eigenvalue weighted by atomic mass is 32.2. The van der Waals surface area contributed by atoms with Crippen LogP contribution in [-0.2, 0) is 15.2 Å². The van der Waals surface area contributed by atoms with Gasteiger partial charge < -0.3 is 19.3 Å². The van der Waals surface area contributed by atoms with Gasteiger partial charge in [0.05, 0.1) is 35.7 Å². The second-order valence-electron chi connectivity index (χ2n) is 6.71. The van der Waals surface area contributed by atoms with Crippen molar-refractivity contribution in [1.82, 2.24) is 10.1 Å². The Morgan fingerprint density at radius 3 is 2.21 bits per heavy atom. The number of ether oxygens (including phenoxy) is 2. The number of amides is 1. The minimum absolute atomic E-state index is 0.132. The van der Waals surface area contributed by atoms with E-state index in [1.54, 1.807) is 32.9 Å². The van der Waals surface area contributed by atoms with Crippen molar-refractivity contribution in [3.63, 3.8) is 0 Å². The summed E-state index contributed by atoms with van der Waals surface area (Å²) in [6, 6.07) is 11.3. The van der Waals surface area contributed by atoms with Crippen molar-refractivity contribution in [3.8, 4) is 0 Å². The lowest BCUT2D eigenvalue weighted by molar-refractivity contribution is 0.0525. The lowest BCUT2D eigenvalue weighted by Crippen LogP contribution is -2.15. The fourth-order valence-electron chi connectivity index (χ4n) is 2.89. The Bertz CT molecular complexity index is 1120. The summed E-state index contributed by atoms with van der Waals surface area (Å²) in [6.07, 6.45) is 0. The molecular formula is C23H23N3O6S. The van der Waals surface area contributed by atoms with E-state index in [0.717, 1.165) is 0 Å². The van der Waals surface area contributed by atoms with Crippen LogP contribution in [0.4, 0.5) is 5.69 Å². The van der Waals surface area contributed by atoms with Crippen molar-refractivity contribution in [3.05, 3.63) is 70.9 Å². The molecule has 0 aliphatic rings. The second kappa shape index (κ2) is 11.3. The Kier molecular flexibility index (Phi) is 8.20. The summed E-state index contributed by atoms with van der Waals surface area (Å²) in [5.41, 5.74) is 0.949. The molecule has 0 saturated carbocycles. The molecule has 3 rings (SSSR count). The molecule has 0 saturated heterocycles. The Labute approximate surface area is 194 Å². The summed E-state index contributed by atoms with van der Waals surface area (Å²) in [5, 5.41) is 6.62. The predicted octanol–water partition coefficient (Wildman–Crippen LogP) is 4.28. The van der Waals surface area contributed by atoms with Gasteiger partial charge in [-0.15, -0.1) is 11.8 Å². The summed E-state index contributed by atoms with van der Waals surface area (Å²) in [7, 11) is 0. The number of hydrogen-bond donors (Lipinski definition) is 1. The van der Waals surface area contributed by atoms with Crippen LogP contribution in [0.1, 0.15) is 56.6 Å². The number of nitrogens with one attached hydrogen (secondary N) is 1. The molecule has 0 unspecified atom stereocenters.